The van der Waals surface area contributed by atoms with Gasteiger partial charge in [0, 0.05) is 16.3 Å². The van der Waals surface area contributed by atoms with E-state index in [0.29, 0.717) is 17.1 Å². The van der Waals surface area contributed by atoms with Crippen molar-refractivity contribution in [2.45, 2.75) is 12.7 Å². The average molecular weight is 414 g/mol. The fourth-order valence-corrected chi connectivity index (χ4v) is 2.66. The normalized spacial score (nSPS) is 11.4. The number of aromatic nitrogens is 2. The Hall–Kier alpha value is -2.94. The predicted octanol–water partition coefficient (Wildman–Crippen LogP) is 5.04. The Balaban J connectivity index is 1.78. The molecular formula is C18H15ClF3N3O3. The Morgan fingerprint density at radius 3 is 2.46 bits per heavy atom. The summed E-state index contributed by atoms with van der Waals surface area (Å²) in [6.45, 7) is -0.0923. The molecule has 0 bridgehead atoms. The highest BCUT2D eigenvalue weighted by Gasteiger charge is 2.33. The number of halogens is 4. The van der Waals surface area contributed by atoms with E-state index in [0.717, 1.165) is 6.07 Å². The first-order valence-electron chi connectivity index (χ1n) is 7.97. The topological polar surface area (TPSA) is 69.4 Å². The molecule has 1 N–H and O–H groups in total. The minimum atomic E-state index is -4.55. The largest absolute Gasteiger partial charge is 0.493 e. The lowest BCUT2D eigenvalue weighted by atomic mass is 10.1. The van der Waals surface area contributed by atoms with Gasteiger partial charge < -0.3 is 19.2 Å². The molecule has 1 heterocycles. The zero-order chi connectivity index (χ0) is 20.3. The highest BCUT2D eigenvalue weighted by molar-refractivity contribution is 6.30. The van der Waals surface area contributed by atoms with E-state index in [1.807, 2.05) is 0 Å². The summed E-state index contributed by atoms with van der Waals surface area (Å²) in [7, 11) is 3.01. The van der Waals surface area contributed by atoms with Crippen molar-refractivity contribution in [3.63, 3.8) is 0 Å². The van der Waals surface area contributed by atoms with Crippen molar-refractivity contribution in [1.29, 1.82) is 0 Å². The van der Waals surface area contributed by atoms with Crippen LogP contribution in [-0.2, 0) is 12.7 Å². The summed E-state index contributed by atoms with van der Waals surface area (Å²) < 4.78 is 55.3. The number of nitrogens with zero attached hydrogens (tertiary/aromatic N) is 2. The van der Waals surface area contributed by atoms with Crippen molar-refractivity contribution in [2.24, 2.45) is 0 Å². The summed E-state index contributed by atoms with van der Waals surface area (Å²) in [6.07, 6.45) is -4.55. The Morgan fingerprint density at radius 1 is 1.04 bits per heavy atom. The summed E-state index contributed by atoms with van der Waals surface area (Å²) >= 11 is 5.67. The van der Waals surface area contributed by atoms with Gasteiger partial charge in [0.1, 0.15) is 0 Å². The molecule has 0 aliphatic carbocycles. The molecule has 0 fully saturated rings. The van der Waals surface area contributed by atoms with Crippen molar-refractivity contribution in [3.05, 3.63) is 52.9 Å². The number of anilines is 1. The summed E-state index contributed by atoms with van der Waals surface area (Å²) in [5.41, 5.74) is -0.429. The highest BCUT2D eigenvalue weighted by atomic mass is 35.5. The molecule has 0 aliphatic heterocycles. The van der Waals surface area contributed by atoms with Crippen LogP contribution in [0.4, 0.5) is 18.9 Å². The molecule has 28 heavy (non-hydrogen) atoms. The summed E-state index contributed by atoms with van der Waals surface area (Å²) in [5.74, 6) is 1.33. The van der Waals surface area contributed by atoms with Gasteiger partial charge in [-0.2, -0.15) is 13.2 Å². The SMILES string of the molecule is COc1ccc(-c2nnc(CNc3ccc(Cl)cc3C(F)(F)F)o2)cc1OC. The van der Waals surface area contributed by atoms with Crippen LogP contribution in [0.15, 0.2) is 40.8 Å². The standard InChI is InChI=1S/C18H15ClF3N3O3/c1-26-14-6-3-10(7-15(14)27-2)17-25-24-16(28-17)9-23-13-5-4-11(19)8-12(13)18(20,21)22/h3-8,23H,9H2,1-2H3. The Bertz CT molecular complexity index is 976. The van der Waals surface area contributed by atoms with Gasteiger partial charge in [-0.25, -0.2) is 0 Å². The van der Waals surface area contributed by atoms with Gasteiger partial charge in [-0.3, -0.25) is 0 Å². The fraction of sp³-hybridized carbons (Fsp3) is 0.222. The predicted molar refractivity (Wildman–Crippen MR) is 96.6 cm³/mol. The molecule has 6 nitrogen and oxygen atoms in total. The lowest BCUT2D eigenvalue weighted by Crippen LogP contribution is -2.11. The number of alkyl halides is 3. The van der Waals surface area contributed by atoms with Gasteiger partial charge in [0.05, 0.1) is 26.3 Å². The highest BCUT2D eigenvalue weighted by Crippen LogP contribution is 2.37. The van der Waals surface area contributed by atoms with Gasteiger partial charge in [-0.1, -0.05) is 11.6 Å². The molecule has 0 amide bonds. The van der Waals surface area contributed by atoms with Crippen molar-refractivity contribution < 1.29 is 27.1 Å². The summed E-state index contributed by atoms with van der Waals surface area (Å²) in [6, 6.07) is 8.50. The maximum Gasteiger partial charge on any atom is 0.418 e. The van der Waals surface area contributed by atoms with Crippen LogP contribution in [0.5, 0.6) is 11.5 Å². The number of hydrogen-bond acceptors (Lipinski definition) is 6. The third-order valence-electron chi connectivity index (χ3n) is 3.81. The van der Waals surface area contributed by atoms with Crippen LogP contribution in [0.2, 0.25) is 5.02 Å². The molecule has 10 heteroatoms. The zero-order valence-electron chi connectivity index (χ0n) is 14.8. The second-order valence-electron chi connectivity index (χ2n) is 5.61. The fourth-order valence-electron chi connectivity index (χ4n) is 2.49. The van der Waals surface area contributed by atoms with E-state index in [1.165, 1.54) is 26.4 Å². The minimum Gasteiger partial charge on any atom is -0.493 e. The molecule has 0 radical (unpaired) electrons. The van der Waals surface area contributed by atoms with Crippen LogP contribution in [0.25, 0.3) is 11.5 Å². The molecule has 3 aromatic rings. The Labute approximate surface area is 163 Å². The quantitative estimate of drug-likeness (QED) is 0.610. The van der Waals surface area contributed by atoms with Crippen LogP contribution >= 0.6 is 11.6 Å². The van der Waals surface area contributed by atoms with Crippen molar-refractivity contribution in [2.75, 3.05) is 19.5 Å². The number of rotatable bonds is 6. The number of benzene rings is 2. The Morgan fingerprint density at radius 2 is 1.79 bits per heavy atom. The van der Waals surface area contributed by atoms with Crippen molar-refractivity contribution >= 4 is 17.3 Å². The Kier molecular flexibility index (Phi) is 5.64. The molecular weight excluding hydrogens is 399 g/mol. The van der Waals surface area contributed by atoms with E-state index in [1.54, 1.807) is 18.2 Å². The van der Waals surface area contributed by atoms with E-state index in [-0.39, 0.29) is 29.0 Å². The van der Waals surface area contributed by atoms with E-state index in [2.05, 4.69) is 15.5 Å². The lowest BCUT2D eigenvalue weighted by molar-refractivity contribution is -0.137. The zero-order valence-corrected chi connectivity index (χ0v) is 15.6. The summed E-state index contributed by atoms with van der Waals surface area (Å²) in [4.78, 5) is 0. The molecule has 0 unspecified atom stereocenters. The molecule has 2 aromatic carbocycles. The third-order valence-corrected chi connectivity index (χ3v) is 4.05. The van der Waals surface area contributed by atoms with Gasteiger partial charge >= 0.3 is 6.18 Å². The monoisotopic (exact) mass is 413 g/mol. The van der Waals surface area contributed by atoms with Crippen LogP contribution in [-0.4, -0.2) is 24.4 Å². The first-order chi connectivity index (χ1) is 13.3. The van der Waals surface area contributed by atoms with E-state index >= 15 is 0 Å². The molecule has 0 atom stereocenters. The van der Waals surface area contributed by atoms with Gasteiger partial charge in [-0.15, -0.1) is 10.2 Å². The molecule has 0 spiro atoms. The van der Waals surface area contributed by atoms with Crippen molar-refractivity contribution in [3.8, 4) is 23.0 Å². The van der Waals surface area contributed by atoms with Gasteiger partial charge in [0.25, 0.3) is 0 Å². The maximum atomic E-state index is 13.1. The summed E-state index contributed by atoms with van der Waals surface area (Å²) in [5, 5.41) is 10.4. The van der Waals surface area contributed by atoms with E-state index in [9.17, 15) is 13.2 Å². The third kappa shape index (κ3) is 4.30. The first kappa shape index (κ1) is 19.8. The van der Waals surface area contributed by atoms with Crippen molar-refractivity contribution in [1.82, 2.24) is 10.2 Å². The number of ether oxygens (including phenoxy) is 2. The molecule has 1 aromatic heterocycles. The second kappa shape index (κ2) is 7.97. The minimum absolute atomic E-state index is 0.00796. The number of hydrogen-bond donors (Lipinski definition) is 1. The molecule has 0 aliphatic rings. The molecule has 148 valence electrons. The second-order valence-corrected chi connectivity index (χ2v) is 6.05. The molecule has 0 saturated carbocycles. The van der Waals surface area contributed by atoms with Crippen LogP contribution in [0.1, 0.15) is 11.5 Å². The van der Waals surface area contributed by atoms with E-state index in [4.69, 9.17) is 25.5 Å². The van der Waals surface area contributed by atoms with Gasteiger partial charge in [0.2, 0.25) is 11.8 Å². The number of nitrogens with one attached hydrogen (secondary N) is 1. The smallest absolute Gasteiger partial charge is 0.418 e. The van der Waals surface area contributed by atoms with Gasteiger partial charge in [-0.05, 0) is 36.4 Å². The molecule has 3 rings (SSSR count). The van der Waals surface area contributed by atoms with Crippen LogP contribution in [0.3, 0.4) is 0 Å². The number of methoxy groups -OCH3 is 2. The van der Waals surface area contributed by atoms with Gasteiger partial charge in [0.15, 0.2) is 11.5 Å². The van der Waals surface area contributed by atoms with E-state index < -0.39 is 11.7 Å². The molecule has 0 saturated heterocycles. The lowest BCUT2D eigenvalue weighted by Gasteiger charge is -2.13. The maximum absolute atomic E-state index is 13.1. The van der Waals surface area contributed by atoms with Crippen LogP contribution in [0, 0.1) is 0 Å². The first-order valence-corrected chi connectivity index (χ1v) is 8.35. The van der Waals surface area contributed by atoms with Crippen LogP contribution < -0.4 is 14.8 Å². The average Bonchev–Trinajstić information content (AvgIpc) is 3.14.